The minimum atomic E-state index is -1.05. The lowest BCUT2D eigenvalue weighted by Crippen LogP contribution is -2.87. The van der Waals surface area contributed by atoms with E-state index in [4.69, 9.17) is 0 Å². The fourth-order valence-corrected chi connectivity index (χ4v) is 2.21. The molecule has 0 saturated carbocycles. The molecule has 0 saturated heterocycles. The maximum absolute atomic E-state index is 13.1. The summed E-state index contributed by atoms with van der Waals surface area (Å²) in [6.07, 6.45) is 0. The average Bonchev–Trinajstić information content (AvgIpc) is 2.61. The molecule has 0 aliphatic rings. The summed E-state index contributed by atoms with van der Waals surface area (Å²) < 4.78 is 25.9. The fourth-order valence-electron chi connectivity index (χ4n) is 2.21. The molecule has 0 heterocycles. The number of halogens is 2. The third kappa shape index (κ3) is 5.96. The van der Waals surface area contributed by atoms with Crippen LogP contribution in [-0.2, 0) is 9.59 Å². The number of benzene rings is 2. The number of amides is 2. The predicted octanol–water partition coefficient (Wildman–Crippen LogP) is 1.34. The SMILES string of the molecule is C[C@H]([NH2+]CC(=O)NCC(=O)Nc1ccc(F)c(F)c1)c1ccccc1. The van der Waals surface area contributed by atoms with Crippen molar-refractivity contribution in [2.75, 3.05) is 18.4 Å². The Morgan fingerprint density at radius 1 is 1.04 bits per heavy atom. The molecule has 1 atom stereocenters. The number of hydrogen-bond acceptors (Lipinski definition) is 2. The summed E-state index contributed by atoms with van der Waals surface area (Å²) in [5.41, 5.74) is 1.23. The molecule has 4 N–H and O–H groups in total. The van der Waals surface area contributed by atoms with Crippen LogP contribution >= 0.6 is 0 Å². The quantitative estimate of drug-likeness (QED) is 0.706. The molecule has 0 unspecified atom stereocenters. The van der Waals surface area contributed by atoms with Crippen molar-refractivity contribution in [3.8, 4) is 0 Å². The van der Waals surface area contributed by atoms with E-state index in [0.29, 0.717) is 0 Å². The second-order valence-electron chi connectivity index (χ2n) is 5.59. The van der Waals surface area contributed by atoms with Gasteiger partial charge in [-0.15, -0.1) is 0 Å². The maximum atomic E-state index is 13.1. The van der Waals surface area contributed by atoms with Crippen LogP contribution in [0.2, 0.25) is 0 Å². The van der Waals surface area contributed by atoms with E-state index < -0.39 is 17.5 Å². The van der Waals surface area contributed by atoms with E-state index in [9.17, 15) is 18.4 Å². The number of nitrogens with one attached hydrogen (secondary N) is 2. The summed E-state index contributed by atoms with van der Waals surface area (Å²) in [5, 5.41) is 6.73. The van der Waals surface area contributed by atoms with E-state index in [-0.39, 0.29) is 30.7 Å². The van der Waals surface area contributed by atoms with Crippen molar-refractivity contribution < 1.29 is 23.7 Å². The Hall–Kier alpha value is -2.80. The summed E-state index contributed by atoms with van der Waals surface area (Å²) in [6, 6.07) is 12.9. The number of nitrogens with two attached hydrogens (primary N) is 1. The van der Waals surface area contributed by atoms with Gasteiger partial charge in [-0.2, -0.15) is 0 Å². The standard InChI is InChI=1S/C18H19F2N3O2/c1-12(13-5-3-2-4-6-13)21-10-17(24)22-11-18(25)23-14-7-8-15(19)16(20)9-14/h2-9,12,21H,10-11H2,1H3,(H,22,24)(H,23,25)/p+1/t12-/m0/s1. The Kier molecular flexibility index (Phi) is 6.59. The summed E-state index contributed by atoms with van der Waals surface area (Å²) >= 11 is 0. The number of quaternary nitrogens is 1. The van der Waals surface area contributed by atoms with Gasteiger partial charge in [0.15, 0.2) is 18.2 Å². The first-order valence-corrected chi connectivity index (χ1v) is 7.85. The van der Waals surface area contributed by atoms with Crippen LogP contribution < -0.4 is 16.0 Å². The van der Waals surface area contributed by atoms with E-state index in [0.717, 1.165) is 17.7 Å². The highest BCUT2D eigenvalue weighted by molar-refractivity contribution is 5.94. The average molecular weight is 348 g/mol. The maximum Gasteiger partial charge on any atom is 0.275 e. The van der Waals surface area contributed by atoms with Gasteiger partial charge in [0.1, 0.15) is 6.04 Å². The van der Waals surface area contributed by atoms with Gasteiger partial charge in [-0.05, 0) is 19.1 Å². The molecule has 0 aliphatic heterocycles. The third-order valence-electron chi connectivity index (χ3n) is 3.63. The highest BCUT2D eigenvalue weighted by Gasteiger charge is 2.12. The minimum Gasteiger partial charge on any atom is -0.342 e. The third-order valence-corrected chi connectivity index (χ3v) is 3.63. The van der Waals surface area contributed by atoms with Gasteiger partial charge < -0.3 is 16.0 Å². The lowest BCUT2D eigenvalue weighted by molar-refractivity contribution is -0.682. The van der Waals surface area contributed by atoms with Gasteiger partial charge in [0.25, 0.3) is 5.91 Å². The zero-order valence-corrected chi connectivity index (χ0v) is 13.8. The summed E-state index contributed by atoms with van der Waals surface area (Å²) in [4.78, 5) is 23.5. The first kappa shape index (κ1) is 18.5. The van der Waals surface area contributed by atoms with Gasteiger partial charge in [0, 0.05) is 17.3 Å². The molecule has 132 valence electrons. The molecule has 0 aliphatic carbocycles. The van der Waals surface area contributed by atoms with Gasteiger partial charge in [-0.1, -0.05) is 30.3 Å². The van der Waals surface area contributed by atoms with Crippen molar-refractivity contribution in [1.82, 2.24) is 5.32 Å². The van der Waals surface area contributed by atoms with Crippen LogP contribution in [0, 0.1) is 11.6 Å². The molecule has 25 heavy (non-hydrogen) atoms. The Balaban J connectivity index is 1.72. The number of carbonyl (C=O) groups excluding carboxylic acids is 2. The second-order valence-corrected chi connectivity index (χ2v) is 5.59. The number of hydrogen-bond donors (Lipinski definition) is 3. The summed E-state index contributed by atoms with van der Waals surface area (Å²) in [6.45, 7) is 1.91. The molecule has 2 rings (SSSR count). The number of rotatable bonds is 7. The Labute approximate surface area is 144 Å². The van der Waals surface area contributed by atoms with Crippen molar-refractivity contribution in [3.63, 3.8) is 0 Å². The van der Waals surface area contributed by atoms with E-state index in [1.807, 2.05) is 42.6 Å². The van der Waals surface area contributed by atoms with E-state index in [1.54, 1.807) is 0 Å². The van der Waals surface area contributed by atoms with E-state index in [2.05, 4.69) is 10.6 Å². The lowest BCUT2D eigenvalue weighted by atomic mass is 10.1. The van der Waals surface area contributed by atoms with Crippen LogP contribution in [0.1, 0.15) is 18.5 Å². The van der Waals surface area contributed by atoms with Crippen LogP contribution in [0.4, 0.5) is 14.5 Å². The molecule has 2 amide bonds. The molecular formula is C18H20F2N3O2+. The first-order valence-electron chi connectivity index (χ1n) is 7.85. The molecule has 2 aromatic carbocycles. The van der Waals surface area contributed by atoms with Crippen molar-refractivity contribution in [2.24, 2.45) is 0 Å². The zero-order valence-electron chi connectivity index (χ0n) is 13.8. The van der Waals surface area contributed by atoms with Crippen LogP contribution in [-0.4, -0.2) is 24.9 Å². The van der Waals surface area contributed by atoms with Crippen molar-refractivity contribution in [1.29, 1.82) is 0 Å². The first-order chi connectivity index (χ1) is 12.0. The van der Waals surface area contributed by atoms with Gasteiger partial charge in [-0.3, -0.25) is 9.59 Å². The summed E-state index contributed by atoms with van der Waals surface area (Å²) in [7, 11) is 0. The van der Waals surface area contributed by atoms with Crippen molar-refractivity contribution in [3.05, 3.63) is 65.7 Å². The smallest absolute Gasteiger partial charge is 0.275 e. The normalized spacial score (nSPS) is 11.6. The Bertz CT molecular complexity index is 738. The molecule has 0 aromatic heterocycles. The van der Waals surface area contributed by atoms with Crippen molar-refractivity contribution in [2.45, 2.75) is 13.0 Å². The predicted molar refractivity (Wildman–Crippen MR) is 89.6 cm³/mol. The molecule has 5 nitrogen and oxygen atoms in total. The monoisotopic (exact) mass is 348 g/mol. The molecular weight excluding hydrogens is 328 g/mol. The molecule has 7 heteroatoms. The highest BCUT2D eigenvalue weighted by atomic mass is 19.2. The van der Waals surface area contributed by atoms with E-state index >= 15 is 0 Å². The van der Waals surface area contributed by atoms with Crippen LogP contribution in [0.25, 0.3) is 0 Å². The van der Waals surface area contributed by atoms with Gasteiger partial charge in [-0.25, -0.2) is 8.78 Å². The Morgan fingerprint density at radius 2 is 1.76 bits per heavy atom. The topological polar surface area (TPSA) is 74.8 Å². The van der Waals surface area contributed by atoms with Crippen LogP contribution in [0.3, 0.4) is 0 Å². The molecule has 0 spiro atoms. The summed E-state index contributed by atoms with van der Waals surface area (Å²) in [5.74, 6) is -2.85. The van der Waals surface area contributed by atoms with Gasteiger partial charge in [0.2, 0.25) is 5.91 Å². The molecule has 0 radical (unpaired) electrons. The van der Waals surface area contributed by atoms with Crippen molar-refractivity contribution >= 4 is 17.5 Å². The zero-order chi connectivity index (χ0) is 18.2. The van der Waals surface area contributed by atoms with Crippen LogP contribution in [0.5, 0.6) is 0 Å². The largest absolute Gasteiger partial charge is 0.342 e. The number of carbonyl (C=O) groups is 2. The fraction of sp³-hybridized carbons (Fsp3) is 0.222. The molecule has 2 aromatic rings. The lowest BCUT2D eigenvalue weighted by Gasteiger charge is -2.11. The Morgan fingerprint density at radius 3 is 2.44 bits per heavy atom. The highest BCUT2D eigenvalue weighted by Crippen LogP contribution is 2.12. The van der Waals surface area contributed by atoms with Gasteiger partial charge >= 0.3 is 0 Å². The minimum absolute atomic E-state index is 0.114. The van der Waals surface area contributed by atoms with Gasteiger partial charge in [0.05, 0.1) is 6.54 Å². The molecule has 0 fully saturated rings. The van der Waals surface area contributed by atoms with E-state index in [1.165, 1.54) is 6.07 Å². The second kappa shape index (κ2) is 8.89. The van der Waals surface area contributed by atoms with Crippen LogP contribution in [0.15, 0.2) is 48.5 Å². The number of anilines is 1. The molecule has 0 bridgehead atoms.